The third kappa shape index (κ3) is 2.82. The van der Waals surface area contributed by atoms with Crippen molar-refractivity contribution in [2.75, 3.05) is 0 Å². The number of rotatable bonds is 4. The molecule has 2 aromatic rings. The van der Waals surface area contributed by atoms with E-state index in [1.54, 1.807) is 0 Å². The molecule has 0 bridgehead atoms. The highest BCUT2D eigenvalue weighted by Crippen LogP contribution is 2.32. The average molecular weight is 253 g/mol. The Morgan fingerprint density at radius 3 is 2.58 bits per heavy atom. The van der Waals surface area contributed by atoms with Crippen LogP contribution in [0.15, 0.2) is 42.5 Å². The molecule has 100 valence electrons. The van der Waals surface area contributed by atoms with Gasteiger partial charge in [-0.2, -0.15) is 0 Å². The van der Waals surface area contributed by atoms with Gasteiger partial charge in [0.2, 0.25) is 0 Å². The molecule has 3 rings (SSSR count). The van der Waals surface area contributed by atoms with Crippen LogP contribution in [0.3, 0.4) is 0 Å². The van der Waals surface area contributed by atoms with Crippen LogP contribution < -0.4 is 5.73 Å². The van der Waals surface area contributed by atoms with Crippen molar-refractivity contribution in [3.63, 3.8) is 0 Å². The summed E-state index contributed by atoms with van der Waals surface area (Å²) in [6.45, 7) is 0. The molecular formula is C18H23N. The standard InChI is InChI=1S/C18H23N/c19-18(13-12-14-6-1-2-7-14)17-11-5-9-15-8-3-4-10-16(15)17/h3-5,8-11,14,18H,1-2,6-7,12-13,19H2. The van der Waals surface area contributed by atoms with E-state index in [0.29, 0.717) is 0 Å². The molecule has 1 saturated carbocycles. The number of benzene rings is 2. The molecule has 1 fully saturated rings. The summed E-state index contributed by atoms with van der Waals surface area (Å²) < 4.78 is 0. The second-order valence-electron chi connectivity index (χ2n) is 5.90. The van der Waals surface area contributed by atoms with Gasteiger partial charge >= 0.3 is 0 Å². The highest BCUT2D eigenvalue weighted by Gasteiger charge is 2.17. The Kier molecular flexibility index (Phi) is 3.84. The van der Waals surface area contributed by atoms with Crippen LogP contribution in [0, 0.1) is 5.92 Å². The zero-order valence-corrected chi connectivity index (χ0v) is 11.5. The summed E-state index contributed by atoms with van der Waals surface area (Å²) in [4.78, 5) is 0. The lowest BCUT2D eigenvalue weighted by molar-refractivity contribution is 0.455. The van der Waals surface area contributed by atoms with Gasteiger partial charge in [-0.25, -0.2) is 0 Å². The van der Waals surface area contributed by atoms with Gasteiger partial charge in [0.1, 0.15) is 0 Å². The molecule has 1 aliphatic rings. The summed E-state index contributed by atoms with van der Waals surface area (Å²) in [5, 5.41) is 2.63. The van der Waals surface area contributed by atoms with E-state index in [-0.39, 0.29) is 6.04 Å². The molecule has 1 nitrogen and oxygen atoms in total. The minimum absolute atomic E-state index is 0.187. The van der Waals surface area contributed by atoms with Gasteiger partial charge in [-0.1, -0.05) is 68.1 Å². The van der Waals surface area contributed by atoms with E-state index < -0.39 is 0 Å². The normalized spacial score (nSPS) is 17.9. The first kappa shape index (κ1) is 12.7. The molecule has 1 heteroatoms. The maximum Gasteiger partial charge on any atom is 0.0301 e. The molecule has 2 N–H and O–H groups in total. The predicted octanol–water partition coefficient (Wildman–Crippen LogP) is 4.81. The quantitative estimate of drug-likeness (QED) is 0.831. The zero-order valence-electron chi connectivity index (χ0n) is 11.5. The topological polar surface area (TPSA) is 26.0 Å². The first-order chi connectivity index (χ1) is 9.34. The van der Waals surface area contributed by atoms with Crippen molar-refractivity contribution < 1.29 is 0 Å². The minimum Gasteiger partial charge on any atom is -0.324 e. The molecule has 0 saturated heterocycles. The molecule has 0 aromatic heterocycles. The number of hydrogen-bond donors (Lipinski definition) is 1. The van der Waals surface area contributed by atoms with E-state index in [9.17, 15) is 0 Å². The molecule has 1 aliphatic carbocycles. The van der Waals surface area contributed by atoms with Crippen molar-refractivity contribution >= 4 is 10.8 Å². The lowest BCUT2D eigenvalue weighted by atomic mass is 9.92. The second-order valence-corrected chi connectivity index (χ2v) is 5.90. The van der Waals surface area contributed by atoms with Gasteiger partial charge < -0.3 is 5.73 Å². The van der Waals surface area contributed by atoms with Crippen molar-refractivity contribution in [3.05, 3.63) is 48.0 Å². The molecule has 1 unspecified atom stereocenters. The lowest BCUT2D eigenvalue weighted by Crippen LogP contribution is -2.12. The second kappa shape index (κ2) is 5.75. The van der Waals surface area contributed by atoms with Crippen molar-refractivity contribution in [1.82, 2.24) is 0 Å². The molecule has 2 aromatic carbocycles. The summed E-state index contributed by atoms with van der Waals surface area (Å²) in [6.07, 6.45) is 8.11. The van der Waals surface area contributed by atoms with Gasteiger partial charge in [-0.05, 0) is 35.1 Å². The molecule has 1 atom stereocenters. The van der Waals surface area contributed by atoms with Gasteiger partial charge in [0, 0.05) is 6.04 Å². The number of nitrogens with two attached hydrogens (primary N) is 1. The van der Waals surface area contributed by atoms with Gasteiger partial charge in [0.05, 0.1) is 0 Å². The van der Waals surface area contributed by atoms with Crippen molar-refractivity contribution in [2.45, 2.75) is 44.6 Å². The fraction of sp³-hybridized carbons (Fsp3) is 0.444. The monoisotopic (exact) mass is 253 g/mol. The van der Waals surface area contributed by atoms with Crippen LogP contribution in [-0.2, 0) is 0 Å². The summed E-state index contributed by atoms with van der Waals surface area (Å²) in [5.74, 6) is 0.932. The van der Waals surface area contributed by atoms with E-state index in [1.807, 2.05) is 0 Å². The average Bonchev–Trinajstić information content (AvgIpc) is 2.97. The van der Waals surface area contributed by atoms with E-state index in [4.69, 9.17) is 5.73 Å². The van der Waals surface area contributed by atoms with Crippen LogP contribution in [0.1, 0.15) is 50.1 Å². The smallest absolute Gasteiger partial charge is 0.0301 e. The summed E-state index contributed by atoms with van der Waals surface area (Å²) in [6, 6.07) is 15.2. The predicted molar refractivity (Wildman–Crippen MR) is 82.1 cm³/mol. The number of hydrogen-bond acceptors (Lipinski definition) is 1. The Morgan fingerprint density at radius 2 is 1.74 bits per heavy atom. The van der Waals surface area contributed by atoms with E-state index >= 15 is 0 Å². The van der Waals surface area contributed by atoms with Gasteiger partial charge in [0.15, 0.2) is 0 Å². The third-order valence-corrected chi connectivity index (χ3v) is 4.58. The molecule has 19 heavy (non-hydrogen) atoms. The Labute approximate surface area is 115 Å². The Bertz CT molecular complexity index is 535. The highest BCUT2D eigenvalue weighted by atomic mass is 14.6. The fourth-order valence-electron chi connectivity index (χ4n) is 3.44. The van der Waals surface area contributed by atoms with E-state index in [2.05, 4.69) is 42.5 Å². The molecule has 0 spiro atoms. The molecule has 0 radical (unpaired) electrons. The van der Waals surface area contributed by atoms with Crippen molar-refractivity contribution in [2.24, 2.45) is 11.7 Å². The molecule has 0 aliphatic heterocycles. The molecular weight excluding hydrogens is 230 g/mol. The summed E-state index contributed by atoms with van der Waals surface area (Å²) in [7, 11) is 0. The van der Waals surface area contributed by atoms with E-state index in [0.717, 1.165) is 12.3 Å². The highest BCUT2D eigenvalue weighted by molar-refractivity contribution is 5.86. The van der Waals surface area contributed by atoms with Crippen LogP contribution in [0.4, 0.5) is 0 Å². The van der Waals surface area contributed by atoms with Crippen molar-refractivity contribution in [3.8, 4) is 0 Å². The van der Waals surface area contributed by atoms with Gasteiger partial charge in [0.25, 0.3) is 0 Å². The number of fused-ring (bicyclic) bond motifs is 1. The van der Waals surface area contributed by atoms with Gasteiger partial charge in [-0.15, -0.1) is 0 Å². The SMILES string of the molecule is NC(CCC1CCCC1)c1cccc2ccccc12. The molecule has 0 heterocycles. The van der Waals surface area contributed by atoms with E-state index in [1.165, 1.54) is 48.4 Å². The lowest BCUT2D eigenvalue weighted by Gasteiger charge is -2.17. The third-order valence-electron chi connectivity index (χ3n) is 4.58. The van der Waals surface area contributed by atoms with Crippen LogP contribution in [-0.4, -0.2) is 0 Å². The van der Waals surface area contributed by atoms with Crippen LogP contribution >= 0.6 is 0 Å². The Morgan fingerprint density at radius 1 is 1.00 bits per heavy atom. The van der Waals surface area contributed by atoms with Crippen LogP contribution in [0.25, 0.3) is 10.8 Å². The summed E-state index contributed by atoms with van der Waals surface area (Å²) >= 11 is 0. The van der Waals surface area contributed by atoms with Crippen LogP contribution in [0.5, 0.6) is 0 Å². The van der Waals surface area contributed by atoms with Crippen molar-refractivity contribution in [1.29, 1.82) is 0 Å². The first-order valence-corrected chi connectivity index (χ1v) is 7.58. The fourth-order valence-corrected chi connectivity index (χ4v) is 3.44. The zero-order chi connectivity index (χ0) is 13.1. The first-order valence-electron chi connectivity index (χ1n) is 7.58. The maximum absolute atomic E-state index is 6.44. The summed E-state index contributed by atoms with van der Waals surface area (Å²) in [5.41, 5.74) is 7.76. The molecule has 0 amide bonds. The largest absolute Gasteiger partial charge is 0.324 e. The minimum atomic E-state index is 0.187. The maximum atomic E-state index is 6.44. The Balaban J connectivity index is 1.75. The van der Waals surface area contributed by atoms with Gasteiger partial charge in [-0.3, -0.25) is 0 Å². The van der Waals surface area contributed by atoms with Crippen LogP contribution in [0.2, 0.25) is 0 Å². The Hall–Kier alpha value is -1.34.